The van der Waals surface area contributed by atoms with E-state index in [2.05, 4.69) is 18.0 Å². The maximum absolute atomic E-state index is 5.75. The number of para-hydroxylation sites is 1. The summed E-state index contributed by atoms with van der Waals surface area (Å²) < 4.78 is 5.75. The highest BCUT2D eigenvalue weighted by Gasteiger charge is 2.02. The van der Waals surface area contributed by atoms with Crippen LogP contribution in [0.5, 0.6) is 5.75 Å². The predicted octanol–water partition coefficient (Wildman–Crippen LogP) is 2.81. The molecule has 0 aliphatic carbocycles. The molecular weight excluding hydrogens is 212 g/mol. The Morgan fingerprint density at radius 3 is 2.82 bits per heavy atom. The fourth-order valence-corrected chi connectivity index (χ4v) is 1.66. The van der Waals surface area contributed by atoms with Gasteiger partial charge in [0.1, 0.15) is 12.4 Å². The molecule has 0 saturated carbocycles. The number of ether oxygens (including phenoxy) is 1. The van der Waals surface area contributed by atoms with Crippen LogP contribution >= 0.6 is 0 Å². The van der Waals surface area contributed by atoms with E-state index in [0.29, 0.717) is 12.3 Å². The van der Waals surface area contributed by atoms with Crippen molar-refractivity contribution in [1.29, 1.82) is 0 Å². The zero-order valence-corrected chi connectivity index (χ0v) is 9.89. The fourth-order valence-electron chi connectivity index (χ4n) is 1.66. The number of anilines is 1. The van der Waals surface area contributed by atoms with Gasteiger partial charge in [0, 0.05) is 11.9 Å². The Bertz CT molecular complexity index is 497. The second-order valence-corrected chi connectivity index (χ2v) is 3.83. The molecule has 3 nitrogen and oxygen atoms in total. The lowest BCUT2D eigenvalue weighted by Crippen LogP contribution is -2.01. The van der Waals surface area contributed by atoms with Crippen LogP contribution in [0, 0.1) is 0 Å². The summed E-state index contributed by atoms with van der Waals surface area (Å²) in [6, 6.07) is 11.6. The average molecular weight is 228 g/mol. The Morgan fingerprint density at radius 2 is 2.06 bits per heavy atom. The number of rotatable bonds is 4. The molecule has 1 aromatic carbocycles. The van der Waals surface area contributed by atoms with E-state index >= 15 is 0 Å². The molecule has 0 amide bonds. The molecule has 0 aliphatic rings. The van der Waals surface area contributed by atoms with E-state index in [0.717, 1.165) is 17.9 Å². The largest absolute Gasteiger partial charge is 0.487 e. The van der Waals surface area contributed by atoms with Crippen molar-refractivity contribution in [3.05, 3.63) is 53.9 Å². The van der Waals surface area contributed by atoms with Crippen LogP contribution in [0.1, 0.15) is 18.2 Å². The smallest absolute Gasteiger partial charge is 0.130 e. The zero-order chi connectivity index (χ0) is 12.1. The molecule has 88 valence electrons. The Kier molecular flexibility index (Phi) is 3.60. The van der Waals surface area contributed by atoms with Crippen molar-refractivity contribution in [2.45, 2.75) is 20.0 Å². The summed E-state index contributed by atoms with van der Waals surface area (Å²) in [6.45, 7) is 2.56. The molecule has 1 aromatic heterocycles. The van der Waals surface area contributed by atoms with E-state index in [-0.39, 0.29) is 0 Å². The minimum Gasteiger partial charge on any atom is -0.487 e. The van der Waals surface area contributed by atoms with Crippen LogP contribution in [0.15, 0.2) is 42.6 Å². The summed E-state index contributed by atoms with van der Waals surface area (Å²) in [7, 11) is 0. The number of pyridine rings is 1. The molecule has 0 fully saturated rings. The van der Waals surface area contributed by atoms with Gasteiger partial charge in [-0.05, 0) is 30.2 Å². The summed E-state index contributed by atoms with van der Waals surface area (Å²) in [6.07, 6.45) is 2.65. The van der Waals surface area contributed by atoms with Crippen molar-refractivity contribution in [3.8, 4) is 5.75 Å². The molecule has 2 rings (SSSR count). The maximum atomic E-state index is 5.75. The molecule has 0 spiro atoms. The molecule has 0 saturated heterocycles. The number of hydrogen-bond acceptors (Lipinski definition) is 3. The van der Waals surface area contributed by atoms with Crippen LogP contribution in [-0.4, -0.2) is 4.98 Å². The van der Waals surface area contributed by atoms with E-state index in [1.54, 1.807) is 12.3 Å². The molecule has 1 heterocycles. The highest BCUT2D eigenvalue weighted by molar-refractivity contribution is 5.37. The van der Waals surface area contributed by atoms with Crippen molar-refractivity contribution in [2.24, 2.45) is 0 Å². The van der Waals surface area contributed by atoms with E-state index in [1.807, 2.05) is 24.3 Å². The maximum Gasteiger partial charge on any atom is 0.130 e. The van der Waals surface area contributed by atoms with E-state index in [1.165, 1.54) is 5.56 Å². The van der Waals surface area contributed by atoms with Gasteiger partial charge in [0.15, 0.2) is 0 Å². The van der Waals surface area contributed by atoms with Crippen LogP contribution in [0.3, 0.4) is 0 Å². The van der Waals surface area contributed by atoms with Crippen LogP contribution in [0.2, 0.25) is 0 Å². The summed E-state index contributed by atoms with van der Waals surface area (Å²) >= 11 is 0. The number of benzene rings is 1. The molecule has 0 atom stereocenters. The number of nitrogen functional groups attached to an aromatic ring is 1. The van der Waals surface area contributed by atoms with E-state index in [9.17, 15) is 0 Å². The highest BCUT2D eigenvalue weighted by Crippen LogP contribution is 2.19. The van der Waals surface area contributed by atoms with Crippen molar-refractivity contribution >= 4 is 5.69 Å². The Hall–Kier alpha value is -2.03. The van der Waals surface area contributed by atoms with Gasteiger partial charge >= 0.3 is 0 Å². The Morgan fingerprint density at radius 1 is 1.24 bits per heavy atom. The van der Waals surface area contributed by atoms with Crippen molar-refractivity contribution < 1.29 is 4.74 Å². The zero-order valence-electron chi connectivity index (χ0n) is 9.89. The van der Waals surface area contributed by atoms with Crippen molar-refractivity contribution in [3.63, 3.8) is 0 Å². The number of hydrogen-bond donors (Lipinski definition) is 1. The van der Waals surface area contributed by atoms with Crippen LogP contribution in [0.25, 0.3) is 0 Å². The SMILES string of the molecule is CCc1ccccc1OCc1cc(N)ccn1. The van der Waals surface area contributed by atoms with Gasteiger partial charge in [0.2, 0.25) is 0 Å². The van der Waals surface area contributed by atoms with Gasteiger partial charge in [-0.3, -0.25) is 4.98 Å². The number of nitrogens with two attached hydrogens (primary N) is 1. The molecule has 0 radical (unpaired) electrons. The van der Waals surface area contributed by atoms with Crippen molar-refractivity contribution in [2.75, 3.05) is 5.73 Å². The summed E-state index contributed by atoms with van der Waals surface area (Å²) in [5.74, 6) is 0.916. The monoisotopic (exact) mass is 228 g/mol. The Labute approximate surface area is 101 Å². The number of nitrogens with zero attached hydrogens (tertiary/aromatic N) is 1. The van der Waals surface area contributed by atoms with Gasteiger partial charge in [0.25, 0.3) is 0 Å². The third-order valence-electron chi connectivity index (χ3n) is 2.57. The first-order chi connectivity index (χ1) is 8.29. The third kappa shape index (κ3) is 2.97. The number of aromatic nitrogens is 1. The van der Waals surface area contributed by atoms with Crippen LogP contribution < -0.4 is 10.5 Å². The second-order valence-electron chi connectivity index (χ2n) is 3.83. The van der Waals surface area contributed by atoms with Crippen LogP contribution in [0.4, 0.5) is 5.69 Å². The third-order valence-corrected chi connectivity index (χ3v) is 2.57. The molecule has 3 heteroatoms. The first-order valence-corrected chi connectivity index (χ1v) is 5.70. The molecule has 0 aliphatic heterocycles. The minimum atomic E-state index is 0.446. The normalized spacial score (nSPS) is 10.2. The average Bonchev–Trinajstić information content (AvgIpc) is 2.37. The standard InChI is InChI=1S/C14H16N2O/c1-2-11-5-3-4-6-14(11)17-10-13-9-12(15)7-8-16-13/h3-9H,2,10H2,1H3,(H2,15,16). The summed E-state index contributed by atoms with van der Waals surface area (Å²) in [5, 5.41) is 0. The van der Waals surface area contributed by atoms with Crippen molar-refractivity contribution in [1.82, 2.24) is 4.98 Å². The fraction of sp³-hybridized carbons (Fsp3) is 0.214. The lowest BCUT2D eigenvalue weighted by Gasteiger charge is -2.09. The van der Waals surface area contributed by atoms with Gasteiger partial charge in [-0.25, -0.2) is 0 Å². The van der Waals surface area contributed by atoms with Gasteiger partial charge in [-0.2, -0.15) is 0 Å². The molecular formula is C14H16N2O. The molecule has 0 bridgehead atoms. The Balaban J connectivity index is 2.07. The lowest BCUT2D eigenvalue weighted by atomic mass is 10.1. The van der Waals surface area contributed by atoms with Gasteiger partial charge in [-0.15, -0.1) is 0 Å². The topological polar surface area (TPSA) is 48.1 Å². The summed E-state index contributed by atoms with van der Waals surface area (Å²) in [4.78, 5) is 4.21. The van der Waals surface area contributed by atoms with E-state index < -0.39 is 0 Å². The van der Waals surface area contributed by atoms with Gasteiger partial charge < -0.3 is 10.5 Å². The number of aryl methyl sites for hydroxylation is 1. The predicted molar refractivity (Wildman–Crippen MR) is 68.8 cm³/mol. The van der Waals surface area contributed by atoms with E-state index in [4.69, 9.17) is 10.5 Å². The minimum absolute atomic E-state index is 0.446. The van der Waals surface area contributed by atoms with Gasteiger partial charge in [0.05, 0.1) is 5.69 Å². The molecule has 0 unspecified atom stereocenters. The molecule has 17 heavy (non-hydrogen) atoms. The summed E-state index contributed by atoms with van der Waals surface area (Å²) in [5.41, 5.74) is 8.45. The lowest BCUT2D eigenvalue weighted by molar-refractivity contribution is 0.298. The van der Waals surface area contributed by atoms with Gasteiger partial charge in [-0.1, -0.05) is 25.1 Å². The highest BCUT2D eigenvalue weighted by atomic mass is 16.5. The first kappa shape index (κ1) is 11.5. The quantitative estimate of drug-likeness (QED) is 0.875. The van der Waals surface area contributed by atoms with Crippen LogP contribution in [-0.2, 0) is 13.0 Å². The second kappa shape index (κ2) is 5.34. The molecule has 2 N–H and O–H groups in total. The first-order valence-electron chi connectivity index (χ1n) is 5.70. The molecule has 2 aromatic rings.